The third kappa shape index (κ3) is 5.88. The van der Waals surface area contributed by atoms with Crippen molar-refractivity contribution in [3.63, 3.8) is 0 Å². The predicted molar refractivity (Wildman–Crippen MR) is 131 cm³/mol. The van der Waals surface area contributed by atoms with Crippen LogP contribution in [0.3, 0.4) is 0 Å². The zero-order valence-electron chi connectivity index (χ0n) is 19.7. The number of nitrogens with one attached hydrogen (secondary N) is 1. The number of aryl methyl sites for hydroxylation is 2. The summed E-state index contributed by atoms with van der Waals surface area (Å²) in [5, 5.41) is 13.0. The summed E-state index contributed by atoms with van der Waals surface area (Å²) in [6, 6.07) is 12.4. The first kappa shape index (κ1) is 23.1. The number of hydrogen-bond donors (Lipinski definition) is 2. The summed E-state index contributed by atoms with van der Waals surface area (Å²) in [7, 11) is 0. The Bertz CT molecular complexity index is 994. The van der Waals surface area contributed by atoms with Gasteiger partial charge in [-0.15, -0.1) is 0 Å². The number of benzene rings is 1. The Hall–Kier alpha value is -2.64. The summed E-state index contributed by atoms with van der Waals surface area (Å²) in [4.78, 5) is 18.9. The molecule has 3 aliphatic heterocycles. The molecule has 7 heteroatoms. The molecule has 0 saturated carbocycles. The van der Waals surface area contributed by atoms with Gasteiger partial charge in [0.15, 0.2) is 0 Å². The van der Waals surface area contributed by atoms with Crippen molar-refractivity contribution in [1.82, 2.24) is 9.88 Å². The largest absolute Gasteiger partial charge is 0.486 e. The van der Waals surface area contributed by atoms with E-state index in [0.29, 0.717) is 19.1 Å². The van der Waals surface area contributed by atoms with Gasteiger partial charge in [0, 0.05) is 31.2 Å². The third-order valence-electron chi connectivity index (χ3n) is 7.27. The van der Waals surface area contributed by atoms with Crippen molar-refractivity contribution < 1.29 is 19.4 Å². The highest BCUT2D eigenvalue weighted by atomic mass is 16.6. The maximum atomic E-state index is 11.6. The van der Waals surface area contributed by atoms with Crippen LogP contribution in [0.2, 0.25) is 0 Å². The van der Waals surface area contributed by atoms with Crippen LogP contribution in [0.4, 0.5) is 5.82 Å². The number of aromatic nitrogens is 1. The van der Waals surface area contributed by atoms with Crippen LogP contribution in [0, 0.1) is 5.92 Å². The molecule has 2 aromatic rings. The summed E-state index contributed by atoms with van der Waals surface area (Å²) in [6.45, 7) is 5.07. The smallest absolute Gasteiger partial charge is 0.304 e. The van der Waals surface area contributed by atoms with Crippen molar-refractivity contribution >= 4 is 11.8 Å². The molecule has 34 heavy (non-hydrogen) atoms. The fraction of sp³-hybridized carbons (Fsp3) is 0.556. The van der Waals surface area contributed by atoms with Gasteiger partial charge in [0.05, 0.1) is 19.6 Å². The number of fused-ring (bicyclic) bond motifs is 1. The molecule has 2 atom stereocenters. The molecule has 2 unspecified atom stereocenters. The Balaban J connectivity index is 1.16. The van der Waals surface area contributed by atoms with Gasteiger partial charge in [0.1, 0.15) is 17.7 Å². The lowest BCUT2D eigenvalue weighted by Crippen LogP contribution is -2.38. The summed E-state index contributed by atoms with van der Waals surface area (Å²) < 4.78 is 11.1. The number of anilines is 1. The third-order valence-corrected chi connectivity index (χ3v) is 7.27. The van der Waals surface area contributed by atoms with Crippen molar-refractivity contribution in [1.29, 1.82) is 0 Å². The van der Waals surface area contributed by atoms with Crippen LogP contribution >= 0.6 is 0 Å². The lowest BCUT2D eigenvalue weighted by atomic mass is 9.94. The minimum absolute atomic E-state index is 0.0502. The highest BCUT2D eigenvalue weighted by Crippen LogP contribution is 2.30. The second-order valence-electron chi connectivity index (χ2n) is 9.94. The van der Waals surface area contributed by atoms with Gasteiger partial charge in [-0.25, -0.2) is 4.98 Å². The van der Waals surface area contributed by atoms with Gasteiger partial charge >= 0.3 is 5.97 Å². The lowest BCUT2D eigenvalue weighted by Gasteiger charge is -2.27. The van der Waals surface area contributed by atoms with Crippen molar-refractivity contribution in [2.75, 3.05) is 44.7 Å². The number of carboxylic acids is 1. The van der Waals surface area contributed by atoms with E-state index in [2.05, 4.69) is 22.3 Å². The highest BCUT2D eigenvalue weighted by Gasteiger charge is 2.27. The number of likely N-dealkylation sites (tertiary alicyclic amines) is 1. The van der Waals surface area contributed by atoms with E-state index in [4.69, 9.17) is 14.5 Å². The number of carbonyl (C=O) groups is 1. The van der Waals surface area contributed by atoms with E-state index >= 15 is 0 Å². The second kappa shape index (κ2) is 10.7. The number of pyridine rings is 1. The summed E-state index contributed by atoms with van der Waals surface area (Å²) >= 11 is 0. The summed E-state index contributed by atoms with van der Waals surface area (Å²) in [5.74, 6) is 1.69. The summed E-state index contributed by atoms with van der Waals surface area (Å²) in [5.41, 5.74) is 3.54. The minimum Gasteiger partial charge on any atom is -0.486 e. The SMILES string of the molecule is O=C(O)CC(CN1CCC(CCc2ccc3c(n2)NCCC3)C1)c1cccc(OC2COC2)c1. The van der Waals surface area contributed by atoms with E-state index in [9.17, 15) is 9.90 Å². The van der Waals surface area contributed by atoms with Gasteiger partial charge in [0.2, 0.25) is 0 Å². The van der Waals surface area contributed by atoms with Gasteiger partial charge in [0.25, 0.3) is 0 Å². The Kier molecular flexibility index (Phi) is 7.30. The fourth-order valence-electron chi connectivity index (χ4n) is 5.30. The summed E-state index contributed by atoms with van der Waals surface area (Å²) in [6.07, 6.45) is 5.82. The number of hydrogen-bond acceptors (Lipinski definition) is 6. The van der Waals surface area contributed by atoms with Gasteiger partial charge in [-0.05, 0) is 73.9 Å². The fourth-order valence-corrected chi connectivity index (χ4v) is 5.30. The Morgan fingerprint density at radius 3 is 3.03 bits per heavy atom. The average molecular weight is 466 g/mol. The van der Waals surface area contributed by atoms with E-state index in [1.807, 2.05) is 24.3 Å². The van der Waals surface area contributed by atoms with E-state index in [1.54, 1.807) is 0 Å². The molecule has 7 nitrogen and oxygen atoms in total. The average Bonchev–Trinajstić information content (AvgIpc) is 3.27. The zero-order valence-corrected chi connectivity index (χ0v) is 19.7. The topological polar surface area (TPSA) is 83.9 Å². The Morgan fingerprint density at radius 2 is 2.21 bits per heavy atom. The van der Waals surface area contributed by atoms with Crippen molar-refractivity contribution in [2.24, 2.45) is 5.92 Å². The lowest BCUT2D eigenvalue weighted by molar-refractivity contribution is -0.137. The standard InChI is InChI=1S/C27H35N3O4/c31-26(32)14-22(21-3-1-5-24(13-21)34-25-17-33-18-25)16-30-12-10-19(15-30)6-8-23-9-7-20-4-2-11-28-27(20)29-23/h1,3,5,7,9,13,19,22,25H,2,4,6,8,10-12,14-18H2,(H,28,29)(H,31,32). The molecule has 2 saturated heterocycles. The predicted octanol–water partition coefficient (Wildman–Crippen LogP) is 3.73. The second-order valence-corrected chi connectivity index (χ2v) is 9.94. The first-order chi connectivity index (χ1) is 16.6. The number of rotatable bonds is 10. The van der Waals surface area contributed by atoms with Crippen LogP contribution in [0.15, 0.2) is 36.4 Å². The monoisotopic (exact) mass is 465 g/mol. The molecule has 3 aliphatic rings. The molecule has 2 fully saturated rings. The normalized spacial score (nSPS) is 21.4. The van der Waals surface area contributed by atoms with Crippen LogP contribution in [-0.2, 0) is 22.4 Å². The van der Waals surface area contributed by atoms with Gasteiger partial charge < -0.3 is 24.8 Å². The molecule has 0 aliphatic carbocycles. The maximum Gasteiger partial charge on any atom is 0.304 e. The molecule has 0 spiro atoms. The van der Waals surface area contributed by atoms with Gasteiger partial charge in [-0.1, -0.05) is 18.2 Å². The molecular weight excluding hydrogens is 430 g/mol. The maximum absolute atomic E-state index is 11.6. The molecular formula is C27H35N3O4. The highest BCUT2D eigenvalue weighted by molar-refractivity contribution is 5.68. The molecule has 4 heterocycles. The molecule has 0 radical (unpaired) electrons. The van der Waals surface area contributed by atoms with Gasteiger partial charge in [-0.2, -0.15) is 0 Å². The van der Waals surface area contributed by atoms with Crippen LogP contribution in [0.25, 0.3) is 0 Å². The van der Waals surface area contributed by atoms with E-state index in [-0.39, 0.29) is 18.4 Å². The van der Waals surface area contributed by atoms with Crippen LogP contribution in [-0.4, -0.2) is 66.5 Å². The number of carboxylic acid groups (broad SMARTS) is 1. The molecule has 0 bridgehead atoms. The number of ether oxygens (including phenoxy) is 2. The Morgan fingerprint density at radius 1 is 1.29 bits per heavy atom. The quantitative estimate of drug-likeness (QED) is 0.553. The molecule has 2 N–H and O–H groups in total. The molecule has 1 aromatic carbocycles. The van der Waals surface area contributed by atoms with E-state index in [1.165, 1.54) is 17.7 Å². The van der Waals surface area contributed by atoms with E-state index < -0.39 is 5.97 Å². The van der Waals surface area contributed by atoms with E-state index in [0.717, 1.165) is 69.0 Å². The minimum atomic E-state index is -0.758. The number of nitrogens with zero attached hydrogens (tertiary/aromatic N) is 2. The van der Waals surface area contributed by atoms with Crippen LogP contribution in [0.5, 0.6) is 5.75 Å². The van der Waals surface area contributed by atoms with Crippen LogP contribution in [0.1, 0.15) is 48.4 Å². The molecule has 182 valence electrons. The first-order valence-corrected chi connectivity index (χ1v) is 12.6. The molecule has 1 aromatic heterocycles. The molecule has 0 amide bonds. The molecule has 5 rings (SSSR count). The van der Waals surface area contributed by atoms with Crippen LogP contribution < -0.4 is 10.1 Å². The Labute approximate surface area is 201 Å². The van der Waals surface area contributed by atoms with Gasteiger partial charge in [-0.3, -0.25) is 4.79 Å². The van der Waals surface area contributed by atoms with Crippen molar-refractivity contribution in [2.45, 2.75) is 50.5 Å². The van der Waals surface area contributed by atoms with Crippen molar-refractivity contribution in [3.05, 3.63) is 53.2 Å². The number of aliphatic carboxylic acids is 1. The zero-order chi connectivity index (χ0) is 23.3. The van der Waals surface area contributed by atoms with Crippen molar-refractivity contribution in [3.8, 4) is 5.75 Å². The first-order valence-electron chi connectivity index (χ1n) is 12.6.